The molecular formula is C18H37NO2S2. The van der Waals surface area contributed by atoms with Gasteiger partial charge in [-0.25, -0.2) is 0 Å². The van der Waals surface area contributed by atoms with Gasteiger partial charge in [0.2, 0.25) is 0 Å². The molecule has 138 valence electrons. The molecule has 5 heteroatoms. The lowest BCUT2D eigenvalue weighted by Crippen LogP contribution is -2.18. The minimum atomic E-state index is -0.726. The molecule has 0 saturated heterocycles. The molecule has 0 aliphatic heterocycles. The van der Waals surface area contributed by atoms with Gasteiger partial charge in [-0.15, -0.1) is 0 Å². The Labute approximate surface area is 152 Å². The van der Waals surface area contributed by atoms with Crippen LogP contribution in [-0.4, -0.2) is 32.8 Å². The van der Waals surface area contributed by atoms with E-state index in [1.54, 1.807) is 23.9 Å². The van der Waals surface area contributed by atoms with Crippen LogP contribution in [0.15, 0.2) is 0 Å². The maximum atomic E-state index is 11.0. The van der Waals surface area contributed by atoms with Crippen molar-refractivity contribution in [2.45, 2.75) is 90.9 Å². The maximum absolute atomic E-state index is 11.0. The van der Waals surface area contributed by atoms with E-state index in [1.807, 2.05) is 3.71 Å². The van der Waals surface area contributed by atoms with Gasteiger partial charge in [0.1, 0.15) is 6.54 Å². The van der Waals surface area contributed by atoms with Crippen molar-refractivity contribution in [1.82, 2.24) is 3.71 Å². The number of carboxylic acid groups (broad SMARTS) is 1. The second-order valence-corrected chi connectivity index (χ2v) is 8.53. The van der Waals surface area contributed by atoms with Gasteiger partial charge in [0.25, 0.3) is 0 Å². The molecule has 0 aliphatic rings. The highest BCUT2D eigenvalue weighted by atomic mass is 32.2. The van der Waals surface area contributed by atoms with Crippen molar-refractivity contribution in [1.29, 1.82) is 0 Å². The average molecular weight is 364 g/mol. The van der Waals surface area contributed by atoms with Gasteiger partial charge in [0, 0.05) is 11.5 Å². The molecule has 0 radical (unpaired) electrons. The van der Waals surface area contributed by atoms with E-state index in [4.69, 9.17) is 5.11 Å². The average Bonchev–Trinajstić information content (AvgIpc) is 2.52. The molecule has 0 aliphatic carbocycles. The minimum absolute atomic E-state index is 0.140. The van der Waals surface area contributed by atoms with E-state index in [9.17, 15) is 4.79 Å². The maximum Gasteiger partial charge on any atom is 0.319 e. The molecule has 0 bridgehead atoms. The molecule has 0 unspecified atom stereocenters. The summed E-state index contributed by atoms with van der Waals surface area (Å²) in [6.45, 7) is 4.61. The lowest BCUT2D eigenvalue weighted by atomic mass is 10.1. The molecule has 1 N–H and O–H groups in total. The molecule has 23 heavy (non-hydrogen) atoms. The molecule has 0 aromatic rings. The molecule has 0 spiro atoms. The van der Waals surface area contributed by atoms with Crippen LogP contribution in [-0.2, 0) is 4.79 Å². The van der Waals surface area contributed by atoms with E-state index >= 15 is 0 Å². The molecule has 0 atom stereocenters. The number of rotatable bonds is 18. The van der Waals surface area contributed by atoms with Gasteiger partial charge in [0.15, 0.2) is 0 Å². The molecule has 0 heterocycles. The summed E-state index contributed by atoms with van der Waals surface area (Å²) in [4.78, 5) is 11.0. The Balaban J connectivity index is 3.62. The molecular weight excluding hydrogens is 326 g/mol. The second-order valence-electron chi connectivity index (χ2n) is 6.09. The van der Waals surface area contributed by atoms with Gasteiger partial charge in [-0.2, -0.15) is 3.71 Å². The van der Waals surface area contributed by atoms with E-state index in [2.05, 4.69) is 13.8 Å². The smallest absolute Gasteiger partial charge is 0.319 e. The number of hydrogen-bond acceptors (Lipinski definition) is 4. The summed E-state index contributed by atoms with van der Waals surface area (Å²) in [6.07, 6.45) is 15.5. The third-order valence-corrected chi connectivity index (χ3v) is 6.14. The molecule has 0 aromatic carbocycles. The van der Waals surface area contributed by atoms with Crippen LogP contribution < -0.4 is 0 Å². The second kappa shape index (κ2) is 18.5. The molecule has 0 aromatic heterocycles. The highest BCUT2D eigenvalue weighted by molar-refractivity contribution is 8.12. The Morgan fingerprint density at radius 1 is 0.739 bits per heavy atom. The predicted molar refractivity (Wildman–Crippen MR) is 106 cm³/mol. The number of nitrogens with zero attached hydrogens (tertiary/aromatic N) is 1. The van der Waals surface area contributed by atoms with Crippen molar-refractivity contribution in [3.05, 3.63) is 0 Å². The van der Waals surface area contributed by atoms with Crippen molar-refractivity contribution in [2.24, 2.45) is 0 Å². The molecule has 0 amide bonds. The Morgan fingerprint density at radius 2 is 1.13 bits per heavy atom. The lowest BCUT2D eigenvalue weighted by molar-refractivity contribution is -0.136. The first-order valence-electron chi connectivity index (χ1n) is 9.45. The fourth-order valence-electron chi connectivity index (χ4n) is 2.34. The van der Waals surface area contributed by atoms with Crippen molar-refractivity contribution >= 4 is 29.9 Å². The summed E-state index contributed by atoms with van der Waals surface area (Å²) < 4.78 is 1.97. The van der Waals surface area contributed by atoms with Gasteiger partial charge in [-0.1, -0.05) is 102 Å². The quantitative estimate of drug-likeness (QED) is 0.226. The van der Waals surface area contributed by atoms with Crippen LogP contribution in [0.4, 0.5) is 0 Å². The van der Waals surface area contributed by atoms with Crippen LogP contribution in [0.1, 0.15) is 90.9 Å². The third kappa shape index (κ3) is 18.3. The van der Waals surface area contributed by atoms with Crippen molar-refractivity contribution in [2.75, 3.05) is 18.1 Å². The zero-order valence-electron chi connectivity index (χ0n) is 15.2. The van der Waals surface area contributed by atoms with E-state index < -0.39 is 5.97 Å². The zero-order valence-corrected chi connectivity index (χ0v) is 16.9. The van der Waals surface area contributed by atoms with Crippen molar-refractivity contribution < 1.29 is 9.90 Å². The van der Waals surface area contributed by atoms with Crippen molar-refractivity contribution in [3.63, 3.8) is 0 Å². The van der Waals surface area contributed by atoms with Crippen molar-refractivity contribution in [3.8, 4) is 0 Å². The van der Waals surface area contributed by atoms with Gasteiger partial charge < -0.3 is 5.11 Å². The Morgan fingerprint density at radius 3 is 1.52 bits per heavy atom. The van der Waals surface area contributed by atoms with E-state index in [1.165, 1.54) is 77.0 Å². The molecule has 0 rings (SSSR count). The first kappa shape index (κ1) is 23.1. The van der Waals surface area contributed by atoms with Gasteiger partial charge >= 0.3 is 5.97 Å². The Hall–Kier alpha value is 0.130. The van der Waals surface area contributed by atoms with Crippen LogP contribution in [0.25, 0.3) is 0 Å². The summed E-state index contributed by atoms with van der Waals surface area (Å²) >= 11 is 3.40. The van der Waals surface area contributed by atoms with Crippen LogP contribution in [0.2, 0.25) is 0 Å². The van der Waals surface area contributed by atoms with E-state index in [0.717, 1.165) is 11.5 Å². The van der Waals surface area contributed by atoms with Crippen LogP contribution >= 0.6 is 23.9 Å². The highest BCUT2D eigenvalue weighted by Crippen LogP contribution is 2.24. The van der Waals surface area contributed by atoms with Crippen LogP contribution in [0.5, 0.6) is 0 Å². The summed E-state index contributed by atoms with van der Waals surface area (Å²) in [5, 5.41) is 9.02. The van der Waals surface area contributed by atoms with Gasteiger partial charge in [0.05, 0.1) is 0 Å². The topological polar surface area (TPSA) is 40.5 Å². The van der Waals surface area contributed by atoms with Gasteiger partial charge in [-0.05, 0) is 12.8 Å². The fraction of sp³-hybridized carbons (Fsp3) is 0.944. The first-order chi connectivity index (χ1) is 11.2. The summed E-state index contributed by atoms with van der Waals surface area (Å²) in [7, 11) is 0. The number of aliphatic carboxylic acids is 1. The molecule has 3 nitrogen and oxygen atoms in total. The fourth-order valence-corrected chi connectivity index (χ4v) is 4.56. The monoisotopic (exact) mass is 363 g/mol. The normalized spacial score (nSPS) is 11.3. The Kier molecular flexibility index (Phi) is 18.6. The van der Waals surface area contributed by atoms with Crippen LogP contribution in [0, 0.1) is 0 Å². The zero-order chi connectivity index (χ0) is 17.2. The molecule has 0 saturated carbocycles. The first-order valence-corrected chi connectivity index (χ1v) is 11.3. The highest BCUT2D eigenvalue weighted by Gasteiger charge is 2.10. The predicted octanol–water partition coefficient (Wildman–Crippen LogP) is 6.39. The van der Waals surface area contributed by atoms with Crippen LogP contribution in [0.3, 0.4) is 0 Å². The number of carbonyl (C=O) groups is 1. The summed E-state index contributed by atoms with van der Waals surface area (Å²) in [6, 6.07) is 0. The standard InChI is InChI=1S/C18H37NO2S2/c1-3-5-7-9-11-13-15-22-19(17-18(20)21)23-16-14-12-10-8-6-4-2/h3-17H2,1-2H3,(H,20,21). The van der Waals surface area contributed by atoms with E-state index in [0.29, 0.717) is 0 Å². The number of unbranched alkanes of at least 4 members (excludes halogenated alkanes) is 10. The third-order valence-electron chi connectivity index (χ3n) is 3.73. The summed E-state index contributed by atoms with van der Waals surface area (Å²) in [5.41, 5.74) is 0. The number of hydrogen-bond donors (Lipinski definition) is 1. The lowest BCUT2D eigenvalue weighted by Gasteiger charge is -2.17. The Bertz CT molecular complexity index is 247. The van der Waals surface area contributed by atoms with E-state index in [-0.39, 0.29) is 6.54 Å². The minimum Gasteiger partial charge on any atom is -0.480 e. The largest absolute Gasteiger partial charge is 0.480 e. The van der Waals surface area contributed by atoms with Gasteiger partial charge in [-0.3, -0.25) is 4.79 Å². The summed E-state index contributed by atoms with van der Waals surface area (Å²) in [5.74, 6) is 1.36. The number of carboxylic acids is 1. The SMILES string of the molecule is CCCCCCCCSN(CC(=O)O)SCCCCCCCC. The molecule has 0 fully saturated rings.